The highest BCUT2D eigenvalue weighted by atomic mass is 32.3. The number of allylic oxidation sites excluding steroid dienone is 1. The molecule has 2 aromatic carbocycles. The van der Waals surface area contributed by atoms with Crippen molar-refractivity contribution >= 4 is 42.9 Å². The Morgan fingerprint density at radius 3 is 2.23 bits per heavy atom. The van der Waals surface area contributed by atoms with Gasteiger partial charge in [-0.3, -0.25) is 0 Å². The zero-order valence-corrected chi connectivity index (χ0v) is 18.1. The van der Waals surface area contributed by atoms with Gasteiger partial charge in [0, 0.05) is 26.2 Å². The van der Waals surface area contributed by atoms with Crippen molar-refractivity contribution in [3.63, 3.8) is 0 Å². The molecule has 26 heavy (non-hydrogen) atoms. The predicted octanol–water partition coefficient (Wildman–Crippen LogP) is 7.46. The number of rotatable bonds is 3. The van der Waals surface area contributed by atoms with Gasteiger partial charge in [0.2, 0.25) is 0 Å². The first-order valence-electron chi connectivity index (χ1n) is 9.06. The Bertz CT molecular complexity index is 1020. The molecule has 1 unspecified atom stereocenters. The van der Waals surface area contributed by atoms with Crippen LogP contribution in [0.25, 0.3) is 15.7 Å². The molecule has 1 nitrogen and oxygen atoms in total. The number of benzene rings is 2. The molecule has 1 heterocycles. The van der Waals surface area contributed by atoms with Crippen molar-refractivity contribution in [3.8, 4) is 0 Å². The van der Waals surface area contributed by atoms with Gasteiger partial charge in [0.15, 0.2) is 0 Å². The molecule has 0 fully saturated rings. The third-order valence-corrected chi connectivity index (χ3v) is 9.54. The highest BCUT2D eigenvalue weighted by Crippen LogP contribution is 2.65. The molecule has 0 spiro atoms. The number of hydrogen-bond donors (Lipinski definition) is 1. The number of nitrogens with one attached hydrogen (secondary N) is 1. The lowest BCUT2D eigenvalue weighted by molar-refractivity contribution is 1.17. The van der Waals surface area contributed by atoms with Gasteiger partial charge in [-0.2, -0.15) is 10.2 Å². The van der Waals surface area contributed by atoms with Crippen LogP contribution in [0.4, 0.5) is 5.69 Å². The second-order valence-corrected chi connectivity index (χ2v) is 12.4. The van der Waals surface area contributed by atoms with E-state index < -0.39 is 10.2 Å². The maximum atomic E-state index is 3.99. The summed E-state index contributed by atoms with van der Waals surface area (Å²) in [6.07, 6.45) is 4.86. The minimum absolute atomic E-state index is 0.480. The highest BCUT2D eigenvalue weighted by molar-refractivity contribution is 8.34. The fraction of sp³-hybridized carbons (Fsp3) is 0.304. The molecule has 0 saturated carbocycles. The van der Waals surface area contributed by atoms with Crippen LogP contribution in [0, 0.1) is 13.8 Å². The van der Waals surface area contributed by atoms with Crippen LogP contribution in [0.15, 0.2) is 48.0 Å². The molecular formula is C23H27NS2. The Balaban J connectivity index is 1.83. The van der Waals surface area contributed by atoms with Crippen molar-refractivity contribution in [1.82, 2.24) is 0 Å². The van der Waals surface area contributed by atoms with Gasteiger partial charge in [0.25, 0.3) is 0 Å². The molecule has 136 valence electrons. The van der Waals surface area contributed by atoms with Gasteiger partial charge in [-0.1, -0.05) is 42.0 Å². The van der Waals surface area contributed by atoms with Gasteiger partial charge in [0.1, 0.15) is 0 Å². The average Bonchev–Trinajstić information content (AvgIpc) is 3.07. The van der Waals surface area contributed by atoms with Crippen LogP contribution >= 0.6 is 21.6 Å². The van der Waals surface area contributed by atoms with Crippen molar-refractivity contribution in [1.29, 1.82) is 0 Å². The van der Waals surface area contributed by atoms with E-state index >= 15 is 0 Å². The molecule has 4 rings (SSSR count). The van der Waals surface area contributed by atoms with Crippen LogP contribution < -0.4 is 4.72 Å². The Kier molecular flexibility index (Phi) is 4.20. The summed E-state index contributed by atoms with van der Waals surface area (Å²) in [6.45, 7) is 9.06. The van der Waals surface area contributed by atoms with E-state index in [-0.39, 0.29) is 0 Å². The van der Waals surface area contributed by atoms with Crippen LogP contribution in [0.2, 0.25) is 0 Å². The van der Waals surface area contributed by atoms with Crippen LogP contribution in [-0.4, -0.2) is 12.5 Å². The Morgan fingerprint density at radius 1 is 0.885 bits per heavy atom. The van der Waals surface area contributed by atoms with E-state index in [9.17, 15) is 0 Å². The van der Waals surface area contributed by atoms with Crippen molar-refractivity contribution in [2.75, 3.05) is 17.2 Å². The predicted molar refractivity (Wildman–Crippen MR) is 122 cm³/mol. The first-order chi connectivity index (χ1) is 12.3. The smallest absolute Gasteiger partial charge is 0.0605 e. The fourth-order valence-electron chi connectivity index (χ4n) is 4.23. The lowest BCUT2D eigenvalue weighted by Gasteiger charge is -2.41. The molecule has 0 amide bonds. The van der Waals surface area contributed by atoms with Gasteiger partial charge in [0.05, 0.1) is 5.25 Å². The third kappa shape index (κ3) is 2.60. The van der Waals surface area contributed by atoms with Crippen molar-refractivity contribution in [3.05, 3.63) is 69.6 Å². The minimum Gasteiger partial charge on any atom is -0.347 e. The summed E-state index contributed by atoms with van der Waals surface area (Å²) in [6, 6.07) is 15.4. The lowest BCUT2D eigenvalue weighted by atomic mass is 10.1. The first kappa shape index (κ1) is 17.7. The Labute approximate surface area is 162 Å². The van der Waals surface area contributed by atoms with Gasteiger partial charge >= 0.3 is 0 Å². The standard InChI is InChI=1S/C23H27NS2/c1-14-10-9-11-15(2)21(14)24-26(5,6)23-17(4)16(3)20-18-12-7-8-13-19(18)25-22(20)23/h7-13,23-24H,1-6H3. The Hall–Kier alpha value is -1.71. The van der Waals surface area contributed by atoms with E-state index in [2.05, 4.69) is 87.4 Å². The molecule has 1 aliphatic rings. The van der Waals surface area contributed by atoms with E-state index in [1.54, 1.807) is 4.88 Å². The molecule has 3 aromatic rings. The number of anilines is 1. The zero-order chi connectivity index (χ0) is 18.6. The molecule has 0 bridgehead atoms. The molecule has 3 heteroatoms. The van der Waals surface area contributed by atoms with Crippen molar-refractivity contribution in [2.45, 2.75) is 32.9 Å². The summed E-state index contributed by atoms with van der Waals surface area (Å²) in [5.74, 6) is 0. The molecule has 0 radical (unpaired) electrons. The average molecular weight is 382 g/mol. The fourth-order valence-corrected chi connectivity index (χ4v) is 9.09. The third-order valence-electron chi connectivity index (χ3n) is 5.66. The van der Waals surface area contributed by atoms with E-state index in [0.29, 0.717) is 5.25 Å². The van der Waals surface area contributed by atoms with E-state index in [0.717, 1.165) is 0 Å². The van der Waals surface area contributed by atoms with Crippen LogP contribution in [0.1, 0.15) is 40.7 Å². The molecular weight excluding hydrogens is 354 g/mol. The van der Waals surface area contributed by atoms with Crippen LogP contribution in [0.5, 0.6) is 0 Å². The second-order valence-electron chi connectivity index (χ2n) is 7.80. The molecule has 1 aliphatic carbocycles. The van der Waals surface area contributed by atoms with Gasteiger partial charge in [-0.25, -0.2) is 0 Å². The summed E-state index contributed by atoms with van der Waals surface area (Å²) in [4.78, 5) is 1.56. The molecule has 0 saturated heterocycles. The van der Waals surface area contributed by atoms with E-state index in [4.69, 9.17) is 0 Å². The normalized spacial score (nSPS) is 17.7. The maximum absolute atomic E-state index is 3.99. The Morgan fingerprint density at radius 2 is 1.54 bits per heavy atom. The number of fused-ring (bicyclic) bond motifs is 3. The van der Waals surface area contributed by atoms with Crippen LogP contribution in [0.3, 0.4) is 0 Å². The molecule has 1 atom stereocenters. The summed E-state index contributed by atoms with van der Waals surface area (Å²) in [5, 5.41) is 1.91. The minimum atomic E-state index is -1.10. The number of thiophene rings is 1. The molecule has 1 aromatic heterocycles. The van der Waals surface area contributed by atoms with Gasteiger partial charge in [-0.05, 0) is 63.0 Å². The summed E-state index contributed by atoms with van der Waals surface area (Å²) in [5.41, 5.74) is 8.49. The topological polar surface area (TPSA) is 12.0 Å². The lowest BCUT2D eigenvalue weighted by Crippen LogP contribution is -2.17. The van der Waals surface area contributed by atoms with Gasteiger partial charge < -0.3 is 4.72 Å². The van der Waals surface area contributed by atoms with Crippen molar-refractivity contribution in [2.24, 2.45) is 0 Å². The van der Waals surface area contributed by atoms with Crippen LogP contribution in [-0.2, 0) is 0 Å². The number of hydrogen-bond acceptors (Lipinski definition) is 2. The van der Waals surface area contributed by atoms with Crippen molar-refractivity contribution < 1.29 is 0 Å². The summed E-state index contributed by atoms with van der Waals surface area (Å²) >= 11 is 1.99. The van der Waals surface area contributed by atoms with E-state index in [1.165, 1.54) is 43.6 Å². The highest BCUT2D eigenvalue weighted by Gasteiger charge is 2.38. The number of para-hydroxylation sites is 1. The SMILES string of the molecule is CC1=C(C)C(S(C)(C)Nc2c(C)cccc2C)c2sc3ccccc3c21. The second kappa shape index (κ2) is 6.17. The monoisotopic (exact) mass is 381 g/mol. The largest absolute Gasteiger partial charge is 0.347 e. The zero-order valence-electron chi connectivity index (χ0n) is 16.4. The molecule has 0 aliphatic heterocycles. The quantitative estimate of drug-likeness (QED) is 0.496. The van der Waals surface area contributed by atoms with Gasteiger partial charge in [-0.15, -0.1) is 11.3 Å². The molecule has 1 N–H and O–H groups in total. The first-order valence-corrected chi connectivity index (χ1v) is 12.4. The maximum Gasteiger partial charge on any atom is 0.0605 e. The number of aryl methyl sites for hydroxylation is 2. The van der Waals surface area contributed by atoms with E-state index in [1.807, 2.05) is 11.3 Å². The summed E-state index contributed by atoms with van der Waals surface area (Å²) < 4.78 is 5.40. The summed E-state index contributed by atoms with van der Waals surface area (Å²) in [7, 11) is -1.10.